The van der Waals surface area contributed by atoms with Crippen molar-refractivity contribution in [3.05, 3.63) is 76.4 Å². The molecule has 3 atom stereocenters. The third-order valence-electron chi connectivity index (χ3n) is 5.77. The van der Waals surface area contributed by atoms with Crippen molar-refractivity contribution < 1.29 is 32.2 Å². The Kier molecular flexibility index (Phi) is 7.69. The summed E-state index contributed by atoms with van der Waals surface area (Å²) in [7, 11) is 1.14. The number of benzene rings is 2. The Balaban J connectivity index is 1.78. The normalized spacial score (nSPS) is 18.4. The van der Waals surface area contributed by atoms with Crippen LogP contribution in [0.25, 0.3) is 0 Å². The van der Waals surface area contributed by atoms with Gasteiger partial charge in [0.15, 0.2) is 0 Å². The molecule has 3 rings (SSSR count). The summed E-state index contributed by atoms with van der Waals surface area (Å²) in [5, 5.41) is 2.76. The number of carbonyl (C=O) groups is 2. The number of allylic oxidation sites excluding steroid dienone is 1. The van der Waals surface area contributed by atoms with Crippen LogP contribution in [0.2, 0.25) is 0 Å². The molecule has 0 radical (unpaired) electrons. The average Bonchev–Trinajstić information content (AvgIpc) is 3.20. The summed E-state index contributed by atoms with van der Waals surface area (Å²) in [6.45, 7) is 5.90. The Hall–Kier alpha value is -3.29. The van der Waals surface area contributed by atoms with E-state index in [0.29, 0.717) is 6.42 Å². The number of ether oxygens (including phenoxy) is 2. The second-order valence-electron chi connectivity index (χ2n) is 8.43. The molecule has 0 bridgehead atoms. The molecule has 0 spiro atoms. The van der Waals surface area contributed by atoms with Crippen molar-refractivity contribution in [1.29, 1.82) is 0 Å². The highest BCUT2D eigenvalue weighted by molar-refractivity contribution is 5.95. The van der Waals surface area contributed by atoms with E-state index in [1.54, 1.807) is 13.0 Å². The Labute approximate surface area is 196 Å². The Morgan fingerprint density at radius 2 is 1.76 bits per heavy atom. The highest BCUT2D eigenvalue weighted by Gasteiger charge is 2.36. The number of methoxy groups -OCH3 is 1. The lowest BCUT2D eigenvalue weighted by Gasteiger charge is -2.23. The molecule has 1 aliphatic carbocycles. The minimum absolute atomic E-state index is 0.124. The van der Waals surface area contributed by atoms with Gasteiger partial charge in [-0.25, -0.2) is 0 Å². The first-order valence-corrected chi connectivity index (χ1v) is 11.0. The van der Waals surface area contributed by atoms with Gasteiger partial charge in [-0.3, -0.25) is 9.59 Å². The van der Waals surface area contributed by atoms with Gasteiger partial charge in [-0.05, 0) is 56.9 Å². The lowest BCUT2D eigenvalue weighted by Crippen LogP contribution is -2.34. The minimum atomic E-state index is -4.65. The summed E-state index contributed by atoms with van der Waals surface area (Å²) < 4.78 is 50.0. The van der Waals surface area contributed by atoms with E-state index in [4.69, 9.17) is 9.47 Å². The van der Waals surface area contributed by atoms with E-state index in [0.717, 1.165) is 35.9 Å². The minimum Gasteiger partial charge on any atom is -0.496 e. The Bertz CT molecular complexity index is 1070. The number of esters is 1. The van der Waals surface area contributed by atoms with Crippen LogP contribution in [0, 0.1) is 19.8 Å². The molecule has 34 heavy (non-hydrogen) atoms. The summed E-state index contributed by atoms with van der Waals surface area (Å²) in [6, 6.07) is 8.68. The van der Waals surface area contributed by atoms with Gasteiger partial charge >= 0.3 is 12.1 Å². The van der Waals surface area contributed by atoms with E-state index >= 15 is 0 Å². The molecule has 0 fully saturated rings. The molecule has 0 aromatic heterocycles. The molecule has 1 aliphatic rings. The van der Waals surface area contributed by atoms with Crippen LogP contribution in [0.5, 0.6) is 5.75 Å². The molecular weight excluding hydrogens is 447 g/mol. The summed E-state index contributed by atoms with van der Waals surface area (Å²) in [6.07, 6.45) is -0.603. The molecule has 0 aliphatic heterocycles. The van der Waals surface area contributed by atoms with Gasteiger partial charge in [0.05, 0.1) is 25.2 Å². The molecule has 0 heterocycles. The molecule has 8 heteroatoms. The van der Waals surface area contributed by atoms with Crippen molar-refractivity contribution in [2.24, 2.45) is 5.92 Å². The molecule has 0 saturated heterocycles. The quantitative estimate of drug-likeness (QED) is 0.433. The first kappa shape index (κ1) is 25.3. The maximum Gasteiger partial charge on any atom is 0.419 e. The predicted molar refractivity (Wildman–Crippen MR) is 122 cm³/mol. The van der Waals surface area contributed by atoms with Gasteiger partial charge in [0.1, 0.15) is 5.75 Å². The number of rotatable bonds is 7. The number of halogens is 3. The van der Waals surface area contributed by atoms with Crippen molar-refractivity contribution in [2.75, 3.05) is 13.7 Å². The molecule has 2 aromatic rings. The fourth-order valence-electron chi connectivity index (χ4n) is 4.38. The monoisotopic (exact) mass is 475 g/mol. The van der Waals surface area contributed by atoms with Gasteiger partial charge < -0.3 is 14.8 Å². The van der Waals surface area contributed by atoms with Gasteiger partial charge in [-0.1, -0.05) is 41.5 Å². The van der Waals surface area contributed by atoms with Gasteiger partial charge in [-0.2, -0.15) is 13.2 Å². The zero-order chi connectivity index (χ0) is 25.0. The lowest BCUT2D eigenvalue weighted by molar-refractivity contribution is -0.146. The number of aryl methyl sites for hydroxylation is 2. The van der Waals surface area contributed by atoms with Gasteiger partial charge in [0.2, 0.25) is 0 Å². The highest BCUT2D eigenvalue weighted by Crippen LogP contribution is 2.37. The van der Waals surface area contributed by atoms with Crippen LogP contribution in [0.15, 0.2) is 48.6 Å². The molecule has 0 unspecified atom stereocenters. The first-order valence-electron chi connectivity index (χ1n) is 11.0. The van der Waals surface area contributed by atoms with E-state index in [9.17, 15) is 22.8 Å². The lowest BCUT2D eigenvalue weighted by atomic mass is 9.84. The number of hydrogen-bond acceptors (Lipinski definition) is 4. The molecular formula is C26H28F3NO4. The van der Waals surface area contributed by atoms with Crippen LogP contribution in [-0.4, -0.2) is 31.6 Å². The topological polar surface area (TPSA) is 64.6 Å². The van der Waals surface area contributed by atoms with Gasteiger partial charge in [0.25, 0.3) is 5.91 Å². The SMILES string of the molecule is CCOC(=O)[C@H](c1cc(C)cc(C)c1)[C@@H]1C=C[C@@H](NC(=O)c2ccc(OC)c(C(F)(F)F)c2)C1. The average molecular weight is 476 g/mol. The molecule has 182 valence electrons. The fourth-order valence-corrected chi connectivity index (χ4v) is 4.38. The van der Waals surface area contributed by atoms with E-state index in [2.05, 4.69) is 5.32 Å². The Morgan fingerprint density at radius 1 is 1.09 bits per heavy atom. The maximum atomic E-state index is 13.3. The third-order valence-corrected chi connectivity index (χ3v) is 5.77. The third kappa shape index (κ3) is 5.79. The van der Waals surface area contributed by atoms with E-state index in [1.807, 2.05) is 38.1 Å². The second kappa shape index (κ2) is 10.3. The molecule has 1 amide bonds. The van der Waals surface area contributed by atoms with E-state index in [-0.39, 0.29) is 29.8 Å². The first-order chi connectivity index (χ1) is 16.0. The number of carbonyl (C=O) groups excluding carboxylic acids is 2. The molecule has 0 saturated carbocycles. The van der Waals surface area contributed by atoms with Crippen molar-refractivity contribution in [1.82, 2.24) is 5.32 Å². The number of nitrogens with one attached hydrogen (secondary N) is 1. The zero-order valence-electron chi connectivity index (χ0n) is 19.5. The second-order valence-corrected chi connectivity index (χ2v) is 8.43. The smallest absolute Gasteiger partial charge is 0.419 e. The van der Waals surface area contributed by atoms with Crippen molar-refractivity contribution in [2.45, 2.75) is 45.3 Å². The van der Waals surface area contributed by atoms with Gasteiger partial charge in [0, 0.05) is 11.6 Å². The Morgan fingerprint density at radius 3 is 2.35 bits per heavy atom. The van der Waals surface area contributed by atoms with Crippen molar-refractivity contribution >= 4 is 11.9 Å². The largest absolute Gasteiger partial charge is 0.496 e. The van der Waals surface area contributed by atoms with Crippen LogP contribution in [0.3, 0.4) is 0 Å². The van der Waals surface area contributed by atoms with Gasteiger partial charge in [-0.15, -0.1) is 0 Å². The van der Waals surface area contributed by atoms with Crippen molar-refractivity contribution in [3.63, 3.8) is 0 Å². The number of hydrogen-bond donors (Lipinski definition) is 1. The van der Waals surface area contributed by atoms with Crippen LogP contribution in [-0.2, 0) is 15.7 Å². The summed E-state index contributed by atoms with van der Waals surface area (Å²) >= 11 is 0. The summed E-state index contributed by atoms with van der Waals surface area (Å²) in [5.41, 5.74) is 1.75. The van der Waals surface area contributed by atoms with Crippen LogP contribution < -0.4 is 10.1 Å². The predicted octanol–water partition coefficient (Wildman–Crippen LogP) is 5.35. The molecule has 5 nitrogen and oxygen atoms in total. The summed E-state index contributed by atoms with van der Waals surface area (Å²) in [4.78, 5) is 25.5. The standard InChI is InChI=1S/C26H28F3NO4/c1-5-34-25(32)23(19-11-15(2)10-16(3)12-19)17-6-8-20(13-17)30-24(31)18-7-9-22(33-4)21(14-18)26(27,28)29/h6-12,14,17,20,23H,5,13H2,1-4H3,(H,30,31)/t17-,20-,23+/m1/s1. The number of amides is 1. The molecule has 2 aromatic carbocycles. The van der Waals surface area contributed by atoms with Crippen LogP contribution >= 0.6 is 0 Å². The molecule has 1 N–H and O–H groups in total. The summed E-state index contributed by atoms with van der Waals surface area (Å²) in [5.74, 6) is -2.11. The number of alkyl halides is 3. The zero-order valence-corrected chi connectivity index (χ0v) is 19.5. The van der Waals surface area contributed by atoms with Crippen LogP contribution in [0.4, 0.5) is 13.2 Å². The highest BCUT2D eigenvalue weighted by atomic mass is 19.4. The fraction of sp³-hybridized carbons (Fsp3) is 0.385. The van der Waals surface area contributed by atoms with Crippen molar-refractivity contribution in [3.8, 4) is 5.75 Å². The van der Waals surface area contributed by atoms with E-state index < -0.39 is 29.6 Å². The van der Waals surface area contributed by atoms with E-state index in [1.165, 1.54) is 6.07 Å². The maximum absolute atomic E-state index is 13.3. The van der Waals surface area contributed by atoms with Crippen LogP contribution in [0.1, 0.15) is 51.9 Å².